The highest BCUT2D eigenvalue weighted by molar-refractivity contribution is 5.84. The maximum absolute atomic E-state index is 11.9. The van der Waals surface area contributed by atoms with E-state index in [0.717, 1.165) is 31.4 Å². The average Bonchev–Trinajstić information content (AvgIpc) is 3.16. The molecule has 0 saturated heterocycles. The lowest BCUT2D eigenvalue weighted by molar-refractivity contribution is -0.126. The van der Waals surface area contributed by atoms with Gasteiger partial charge in [-0.1, -0.05) is 25.1 Å². The molecule has 4 heteroatoms. The van der Waals surface area contributed by atoms with Crippen LogP contribution in [0.15, 0.2) is 30.3 Å². The Morgan fingerprint density at radius 3 is 2.71 bits per heavy atom. The fraction of sp³-hybridized carbons (Fsp3) is 0.588. The van der Waals surface area contributed by atoms with Gasteiger partial charge in [0.1, 0.15) is 11.9 Å². The topological polar surface area (TPSA) is 58.6 Å². The molecule has 3 rings (SSSR count). The highest BCUT2D eigenvalue weighted by Gasteiger charge is 2.45. The molecule has 1 aromatic rings. The van der Waals surface area contributed by atoms with E-state index >= 15 is 0 Å². The third kappa shape index (κ3) is 3.21. The van der Waals surface area contributed by atoms with Crippen LogP contribution in [0.5, 0.6) is 5.75 Å². The standard InChI is InChI=1S/C17H23NO3/c1-17(9-10-17)16(20)18-11-12-7-8-14(15(12)19)21-13-5-3-2-4-6-13/h2-6,12,14-15,19H,7-11H2,1H3,(H,18,20)/t12-,14-,15-/m1/s1. The number of ether oxygens (including phenoxy) is 1. The number of nitrogens with one attached hydrogen (secondary N) is 1. The van der Waals surface area contributed by atoms with Gasteiger partial charge < -0.3 is 15.2 Å². The number of amides is 1. The summed E-state index contributed by atoms with van der Waals surface area (Å²) in [5.41, 5.74) is -0.149. The van der Waals surface area contributed by atoms with Gasteiger partial charge in [0.15, 0.2) is 0 Å². The van der Waals surface area contributed by atoms with Crippen molar-refractivity contribution < 1.29 is 14.6 Å². The highest BCUT2D eigenvalue weighted by Crippen LogP contribution is 2.45. The molecule has 3 atom stereocenters. The van der Waals surface area contributed by atoms with Gasteiger partial charge in [0.25, 0.3) is 0 Å². The van der Waals surface area contributed by atoms with Crippen LogP contribution >= 0.6 is 0 Å². The fourth-order valence-electron chi connectivity index (χ4n) is 2.90. The third-order valence-electron chi connectivity index (χ3n) is 4.79. The van der Waals surface area contributed by atoms with Crippen LogP contribution in [-0.2, 0) is 4.79 Å². The van der Waals surface area contributed by atoms with Gasteiger partial charge in [0.05, 0.1) is 6.10 Å². The van der Waals surface area contributed by atoms with Crippen molar-refractivity contribution >= 4 is 5.91 Å². The molecule has 114 valence electrons. The Morgan fingerprint density at radius 1 is 1.33 bits per heavy atom. The van der Waals surface area contributed by atoms with Gasteiger partial charge in [-0.3, -0.25) is 4.79 Å². The van der Waals surface area contributed by atoms with Crippen molar-refractivity contribution in [2.24, 2.45) is 11.3 Å². The van der Waals surface area contributed by atoms with E-state index in [2.05, 4.69) is 5.32 Å². The quantitative estimate of drug-likeness (QED) is 0.873. The van der Waals surface area contributed by atoms with Crippen LogP contribution < -0.4 is 10.1 Å². The molecule has 21 heavy (non-hydrogen) atoms. The molecule has 0 heterocycles. The normalized spacial score (nSPS) is 29.9. The van der Waals surface area contributed by atoms with Gasteiger partial charge in [-0.2, -0.15) is 0 Å². The van der Waals surface area contributed by atoms with Crippen molar-refractivity contribution in [2.75, 3.05) is 6.54 Å². The van der Waals surface area contributed by atoms with Gasteiger partial charge in [-0.15, -0.1) is 0 Å². The first kappa shape index (κ1) is 14.4. The van der Waals surface area contributed by atoms with Gasteiger partial charge in [-0.05, 0) is 37.8 Å². The summed E-state index contributed by atoms with van der Waals surface area (Å²) in [6, 6.07) is 9.58. The monoisotopic (exact) mass is 289 g/mol. The van der Waals surface area contributed by atoms with Crippen molar-refractivity contribution in [1.82, 2.24) is 5.32 Å². The predicted molar refractivity (Wildman–Crippen MR) is 79.9 cm³/mol. The van der Waals surface area contributed by atoms with E-state index < -0.39 is 6.10 Å². The largest absolute Gasteiger partial charge is 0.488 e. The molecule has 0 bridgehead atoms. The number of aliphatic hydroxyl groups excluding tert-OH is 1. The minimum absolute atomic E-state index is 0.0880. The lowest BCUT2D eigenvalue weighted by Gasteiger charge is -2.21. The van der Waals surface area contributed by atoms with E-state index in [1.165, 1.54) is 0 Å². The average molecular weight is 289 g/mol. The molecule has 0 aromatic heterocycles. The summed E-state index contributed by atoms with van der Waals surface area (Å²) in [5, 5.41) is 13.4. The molecule has 1 aromatic carbocycles. The summed E-state index contributed by atoms with van der Waals surface area (Å²) >= 11 is 0. The van der Waals surface area contributed by atoms with Gasteiger partial charge in [0.2, 0.25) is 5.91 Å². The second kappa shape index (κ2) is 5.68. The van der Waals surface area contributed by atoms with E-state index in [9.17, 15) is 9.90 Å². The van der Waals surface area contributed by atoms with Crippen LogP contribution in [-0.4, -0.2) is 29.8 Å². The number of rotatable bonds is 5. The minimum atomic E-state index is -0.516. The summed E-state index contributed by atoms with van der Waals surface area (Å²) in [6.45, 7) is 2.54. The minimum Gasteiger partial charge on any atom is -0.488 e. The zero-order chi connectivity index (χ0) is 14.9. The van der Waals surface area contributed by atoms with Crippen LogP contribution in [0.3, 0.4) is 0 Å². The Morgan fingerprint density at radius 2 is 2.05 bits per heavy atom. The molecule has 0 spiro atoms. The summed E-state index contributed by atoms with van der Waals surface area (Å²) in [6.07, 6.45) is 2.98. The van der Waals surface area contributed by atoms with Crippen LogP contribution in [0.4, 0.5) is 0 Å². The summed E-state index contributed by atoms with van der Waals surface area (Å²) in [5.74, 6) is 1.00. The molecule has 2 fully saturated rings. The number of hydrogen-bond acceptors (Lipinski definition) is 3. The highest BCUT2D eigenvalue weighted by atomic mass is 16.5. The van der Waals surface area contributed by atoms with Crippen LogP contribution in [0.2, 0.25) is 0 Å². The zero-order valence-corrected chi connectivity index (χ0v) is 12.4. The second-order valence-corrected chi connectivity index (χ2v) is 6.57. The SMILES string of the molecule is CC1(C(=O)NC[C@H]2CC[C@@H](Oc3ccccc3)[C@@H]2O)CC1. The molecule has 4 nitrogen and oxygen atoms in total. The van der Waals surface area contributed by atoms with Gasteiger partial charge >= 0.3 is 0 Å². The van der Waals surface area contributed by atoms with Crippen LogP contribution in [0.1, 0.15) is 32.6 Å². The molecule has 1 amide bonds. The number of hydrogen-bond donors (Lipinski definition) is 2. The number of carbonyl (C=O) groups excluding carboxylic acids is 1. The maximum atomic E-state index is 11.9. The van der Waals surface area contributed by atoms with Crippen molar-refractivity contribution in [3.05, 3.63) is 30.3 Å². The molecule has 2 saturated carbocycles. The lowest BCUT2D eigenvalue weighted by Crippen LogP contribution is -2.39. The van der Waals surface area contributed by atoms with Crippen molar-refractivity contribution in [3.8, 4) is 5.75 Å². The van der Waals surface area contributed by atoms with Crippen LogP contribution in [0.25, 0.3) is 0 Å². The first-order valence-electron chi connectivity index (χ1n) is 7.76. The second-order valence-electron chi connectivity index (χ2n) is 6.57. The number of benzene rings is 1. The van der Waals surface area contributed by atoms with E-state index in [4.69, 9.17) is 4.74 Å². The molecular formula is C17H23NO3. The Labute approximate surface area is 125 Å². The Kier molecular flexibility index (Phi) is 3.89. The summed E-state index contributed by atoms with van der Waals surface area (Å²) < 4.78 is 5.84. The summed E-state index contributed by atoms with van der Waals surface area (Å²) in [7, 11) is 0. The van der Waals surface area contributed by atoms with E-state index in [0.29, 0.717) is 6.54 Å². The Hall–Kier alpha value is -1.55. The fourth-order valence-corrected chi connectivity index (χ4v) is 2.90. The first-order valence-corrected chi connectivity index (χ1v) is 7.76. The predicted octanol–water partition coefficient (Wildman–Crippen LogP) is 2.12. The lowest BCUT2D eigenvalue weighted by atomic mass is 10.0. The molecule has 0 radical (unpaired) electrons. The number of carbonyl (C=O) groups is 1. The van der Waals surface area contributed by atoms with Crippen molar-refractivity contribution in [3.63, 3.8) is 0 Å². The molecule has 2 aliphatic rings. The molecular weight excluding hydrogens is 266 g/mol. The Balaban J connectivity index is 1.49. The third-order valence-corrected chi connectivity index (χ3v) is 4.79. The van der Waals surface area contributed by atoms with Crippen LogP contribution in [0, 0.1) is 11.3 Å². The van der Waals surface area contributed by atoms with Crippen molar-refractivity contribution in [1.29, 1.82) is 0 Å². The zero-order valence-electron chi connectivity index (χ0n) is 12.4. The van der Waals surface area contributed by atoms with E-state index in [1.54, 1.807) is 0 Å². The number of para-hydroxylation sites is 1. The Bertz CT molecular complexity index is 498. The number of aliphatic hydroxyl groups is 1. The molecule has 2 aliphatic carbocycles. The van der Waals surface area contributed by atoms with Gasteiger partial charge in [0, 0.05) is 17.9 Å². The smallest absolute Gasteiger partial charge is 0.225 e. The van der Waals surface area contributed by atoms with E-state index in [-0.39, 0.29) is 23.3 Å². The first-order chi connectivity index (χ1) is 10.1. The summed E-state index contributed by atoms with van der Waals surface area (Å²) in [4.78, 5) is 11.9. The van der Waals surface area contributed by atoms with Gasteiger partial charge in [-0.25, -0.2) is 0 Å². The molecule has 2 N–H and O–H groups in total. The molecule has 0 unspecified atom stereocenters. The maximum Gasteiger partial charge on any atom is 0.225 e. The van der Waals surface area contributed by atoms with E-state index in [1.807, 2.05) is 37.3 Å². The molecule has 0 aliphatic heterocycles. The van der Waals surface area contributed by atoms with Crippen molar-refractivity contribution in [2.45, 2.75) is 44.8 Å².